The van der Waals surface area contributed by atoms with Crippen LogP contribution in [0.25, 0.3) is 0 Å². The predicted octanol–water partition coefficient (Wildman–Crippen LogP) is 4.04. The highest BCUT2D eigenvalue weighted by molar-refractivity contribution is 9.10. The Morgan fingerprint density at radius 2 is 2.00 bits per heavy atom. The minimum Gasteiger partial charge on any atom is -0.380 e. The Morgan fingerprint density at radius 3 is 2.67 bits per heavy atom. The number of hydrogen-bond acceptors (Lipinski definition) is 2. The Kier molecular flexibility index (Phi) is 3.91. The summed E-state index contributed by atoms with van der Waals surface area (Å²) in [5, 5.41) is 3.10. The smallest absolute Gasteiger partial charge is 0.159 e. The van der Waals surface area contributed by atoms with Crippen molar-refractivity contribution in [2.75, 3.05) is 5.32 Å². The van der Waals surface area contributed by atoms with Gasteiger partial charge in [-0.05, 0) is 52.2 Å². The van der Waals surface area contributed by atoms with Crippen molar-refractivity contribution < 1.29 is 8.78 Å². The zero-order valence-corrected chi connectivity index (χ0v) is 11.3. The quantitative estimate of drug-likeness (QED) is 0.865. The molecule has 2 rings (SSSR count). The van der Waals surface area contributed by atoms with Crippen LogP contribution in [0.1, 0.15) is 11.1 Å². The first-order valence-electron chi connectivity index (χ1n) is 5.36. The van der Waals surface area contributed by atoms with E-state index >= 15 is 0 Å². The topological polar surface area (TPSA) is 24.9 Å². The lowest BCUT2D eigenvalue weighted by Crippen LogP contribution is -2.01. The molecule has 0 saturated heterocycles. The van der Waals surface area contributed by atoms with E-state index in [9.17, 15) is 8.78 Å². The normalized spacial score (nSPS) is 10.4. The molecule has 0 spiro atoms. The van der Waals surface area contributed by atoms with Gasteiger partial charge in [-0.25, -0.2) is 13.8 Å². The van der Waals surface area contributed by atoms with Crippen molar-refractivity contribution in [1.82, 2.24) is 4.98 Å². The molecule has 0 aliphatic rings. The lowest BCUT2D eigenvalue weighted by Gasteiger charge is -2.08. The molecule has 0 amide bonds. The molecule has 0 aliphatic carbocycles. The van der Waals surface area contributed by atoms with E-state index in [2.05, 4.69) is 26.2 Å². The second-order valence-electron chi connectivity index (χ2n) is 3.93. The Balaban J connectivity index is 2.06. The third-order valence-electron chi connectivity index (χ3n) is 2.50. The predicted molar refractivity (Wildman–Crippen MR) is 70.4 cm³/mol. The summed E-state index contributed by atoms with van der Waals surface area (Å²) in [6.45, 7) is 2.35. The fraction of sp³-hybridized carbons (Fsp3) is 0.154. The first kappa shape index (κ1) is 13.0. The van der Waals surface area contributed by atoms with Crippen LogP contribution >= 0.6 is 15.9 Å². The number of nitrogens with zero attached hydrogens (tertiary/aromatic N) is 1. The monoisotopic (exact) mass is 312 g/mol. The first-order chi connectivity index (χ1) is 8.56. The molecule has 0 fully saturated rings. The van der Waals surface area contributed by atoms with Gasteiger partial charge in [-0.15, -0.1) is 0 Å². The van der Waals surface area contributed by atoms with E-state index in [1.54, 1.807) is 12.3 Å². The Morgan fingerprint density at radius 1 is 1.22 bits per heavy atom. The molecule has 2 aromatic rings. The summed E-state index contributed by atoms with van der Waals surface area (Å²) in [6, 6.07) is 5.78. The van der Waals surface area contributed by atoms with Crippen molar-refractivity contribution in [1.29, 1.82) is 0 Å². The number of aryl methyl sites for hydroxylation is 1. The van der Waals surface area contributed by atoms with Gasteiger partial charge in [0.1, 0.15) is 4.60 Å². The van der Waals surface area contributed by atoms with Crippen LogP contribution in [-0.4, -0.2) is 4.98 Å². The van der Waals surface area contributed by atoms with Gasteiger partial charge in [0.05, 0.1) is 11.9 Å². The molecule has 5 heteroatoms. The Labute approximate surface area is 112 Å². The van der Waals surface area contributed by atoms with E-state index in [0.29, 0.717) is 12.1 Å². The van der Waals surface area contributed by atoms with E-state index in [1.807, 2.05) is 13.0 Å². The van der Waals surface area contributed by atoms with E-state index in [4.69, 9.17) is 0 Å². The van der Waals surface area contributed by atoms with E-state index in [0.717, 1.165) is 21.9 Å². The average molecular weight is 313 g/mol. The number of rotatable bonds is 3. The maximum Gasteiger partial charge on any atom is 0.159 e. The highest BCUT2D eigenvalue weighted by Gasteiger charge is 2.03. The van der Waals surface area contributed by atoms with Crippen molar-refractivity contribution in [3.63, 3.8) is 0 Å². The molecule has 94 valence electrons. The van der Waals surface area contributed by atoms with Gasteiger partial charge >= 0.3 is 0 Å². The van der Waals surface area contributed by atoms with Gasteiger partial charge in [-0.3, -0.25) is 0 Å². The van der Waals surface area contributed by atoms with Crippen molar-refractivity contribution in [3.8, 4) is 0 Å². The summed E-state index contributed by atoms with van der Waals surface area (Å²) in [6.07, 6.45) is 1.68. The largest absolute Gasteiger partial charge is 0.380 e. The molecular weight excluding hydrogens is 302 g/mol. The SMILES string of the molecule is Cc1cc(NCc2ccc(F)c(F)c2)cnc1Br. The molecule has 1 aromatic carbocycles. The second-order valence-corrected chi connectivity index (χ2v) is 4.68. The van der Waals surface area contributed by atoms with Crippen LogP contribution in [0, 0.1) is 18.6 Å². The summed E-state index contributed by atoms with van der Waals surface area (Å²) in [5.74, 6) is -1.67. The number of aromatic nitrogens is 1. The van der Waals surface area contributed by atoms with Gasteiger partial charge in [-0.1, -0.05) is 6.07 Å². The summed E-state index contributed by atoms with van der Waals surface area (Å²) in [4.78, 5) is 4.14. The molecule has 0 bridgehead atoms. The van der Waals surface area contributed by atoms with Crippen LogP contribution < -0.4 is 5.32 Å². The number of hydrogen-bond donors (Lipinski definition) is 1. The number of halogens is 3. The highest BCUT2D eigenvalue weighted by Crippen LogP contribution is 2.17. The maximum atomic E-state index is 13.0. The summed E-state index contributed by atoms with van der Waals surface area (Å²) >= 11 is 3.31. The minimum absolute atomic E-state index is 0.417. The molecule has 0 aliphatic heterocycles. The molecular formula is C13H11BrF2N2. The van der Waals surface area contributed by atoms with Crippen molar-refractivity contribution in [3.05, 3.63) is 57.8 Å². The van der Waals surface area contributed by atoms with E-state index < -0.39 is 11.6 Å². The van der Waals surface area contributed by atoms with Gasteiger partial charge in [0.2, 0.25) is 0 Å². The number of pyridine rings is 1. The van der Waals surface area contributed by atoms with Gasteiger partial charge in [-0.2, -0.15) is 0 Å². The van der Waals surface area contributed by atoms with Gasteiger partial charge in [0.15, 0.2) is 11.6 Å². The molecule has 1 N–H and O–H groups in total. The molecule has 1 aromatic heterocycles. The van der Waals surface area contributed by atoms with Gasteiger partial charge in [0, 0.05) is 6.54 Å². The molecule has 2 nitrogen and oxygen atoms in total. The molecule has 18 heavy (non-hydrogen) atoms. The molecule has 0 radical (unpaired) electrons. The average Bonchev–Trinajstić information content (AvgIpc) is 2.35. The second kappa shape index (κ2) is 5.44. The summed E-state index contributed by atoms with van der Waals surface area (Å²) < 4.78 is 26.5. The maximum absolute atomic E-state index is 13.0. The van der Waals surface area contributed by atoms with Crippen molar-refractivity contribution in [2.45, 2.75) is 13.5 Å². The number of benzene rings is 1. The Hall–Kier alpha value is -1.49. The van der Waals surface area contributed by atoms with E-state index in [-0.39, 0.29) is 0 Å². The number of anilines is 1. The summed E-state index contributed by atoms with van der Waals surface area (Å²) in [5.41, 5.74) is 2.51. The van der Waals surface area contributed by atoms with Crippen LogP contribution in [-0.2, 0) is 6.54 Å². The zero-order chi connectivity index (χ0) is 13.1. The number of nitrogens with one attached hydrogen (secondary N) is 1. The molecule has 0 unspecified atom stereocenters. The van der Waals surface area contributed by atoms with Gasteiger partial charge < -0.3 is 5.32 Å². The third kappa shape index (κ3) is 3.04. The summed E-state index contributed by atoms with van der Waals surface area (Å²) in [7, 11) is 0. The molecule has 0 atom stereocenters. The molecule has 1 heterocycles. The fourth-order valence-electron chi connectivity index (χ4n) is 1.51. The van der Waals surface area contributed by atoms with Crippen molar-refractivity contribution >= 4 is 21.6 Å². The fourth-order valence-corrected chi connectivity index (χ4v) is 1.73. The van der Waals surface area contributed by atoms with Crippen molar-refractivity contribution in [2.24, 2.45) is 0 Å². The lowest BCUT2D eigenvalue weighted by molar-refractivity contribution is 0.507. The zero-order valence-electron chi connectivity index (χ0n) is 9.67. The first-order valence-corrected chi connectivity index (χ1v) is 6.15. The standard InChI is InChI=1S/C13H11BrF2N2/c1-8-4-10(7-18-13(8)14)17-6-9-2-3-11(15)12(16)5-9/h2-5,7,17H,6H2,1H3. The van der Waals surface area contributed by atoms with E-state index in [1.165, 1.54) is 6.07 Å². The van der Waals surface area contributed by atoms with Crippen LogP contribution in [0.2, 0.25) is 0 Å². The van der Waals surface area contributed by atoms with Crippen LogP contribution in [0.3, 0.4) is 0 Å². The van der Waals surface area contributed by atoms with Gasteiger partial charge in [0.25, 0.3) is 0 Å². The van der Waals surface area contributed by atoms with Crippen LogP contribution in [0.4, 0.5) is 14.5 Å². The minimum atomic E-state index is -0.834. The lowest BCUT2D eigenvalue weighted by atomic mass is 10.2. The molecule has 0 saturated carbocycles. The van der Waals surface area contributed by atoms with Crippen LogP contribution in [0.5, 0.6) is 0 Å². The Bertz CT molecular complexity index is 521. The third-order valence-corrected chi connectivity index (χ3v) is 3.33. The van der Waals surface area contributed by atoms with Crippen LogP contribution in [0.15, 0.2) is 35.1 Å². The highest BCUT2D eigenvalue weighted by atomic mass is 79.9.